The summed E-state index contributed by atoms with van der Waals surface area (Å²) in [5.74, 6) is 0.183. The highest BCUT2D eigenvalue weighted by Gasteiger charge is 2.08. The fourth-order valence-corrected chi connectivity index (χ4v) is 1.34. The van der Waals surface area contributed by atoms with E-state index in [1.54, 1.807) is 21.0 Å². The Morgan fingerprint density at radius 2 is 2.07 bits per heavy atom. The van der Waals surface area contributed by atoms with E-state index in [-0.39, 0.29) is 5.97 Å². The Hall–Kier alpha value is -0.830. The summed E-state index contributed by atoms with van der Waals surface area (Å²) >= 11 is 0. The van der Waals surface area contributed by atoms with Gasteiger partial charge in [-0.3, -0.25) is 0 Å². The van der Waals surface area contributed by atoms with Crippen LogP contribution < -0.4 is 0 Å². The monoisotopic (exact) mass is 213 g/mol. The van der Waals surface area contributed by atoms with Crippen molar-refractivity contribution < 1.29 is 9.63 Å². The number of rotatable bonds is 6. The van der Waals surface area contributed by atoms with Crippen LogP contribution in [0, 0.1) is 5.92 Å². The van der Waals surface area contributed by atoms with E-state index >= 15 is 0 Å². The largest absolute Gasteiger partial charge is 0.365 e. The predicted octanol–water partition coefficient (Wildman–Crippen LogP) is 2.78. The van der Waals surface area contributed by atoms with Crippen LogP contribution in [0.2, 0.25) is 0 Å². The lowest BCUT2D eigenvalue weighted by Gasteiger charge is -2.11. The van der Waals surface area contributed by atoms with E-state index in [0.717, 1.165) is 6.42 Å². The number of hydroxylamine groups is 2. The zero-order valence-electron chi connectivity index (χ0n) is 10.5. The molecule has 0 aliphatic carbocycles. The van der Waals surface area contributed by atoms with E-state index in [0.29, 0.717) is 11.5 Å². The van der Waals surface area contributed by atoms with E-state index in [2.05, 4.69) is 13.8 Å². The van der Waals surface area contributed by atoms with Crippen LogP contribution >= 0.6 is 0 Å². The molecule has 0 bridgehead atoms. The molecule has 0 aliphatic heterocycles. The summed E-state index contributed by atoms with van der Waals surface area (Å²) in [7, 11) is 3.40. The van der Waals surface area contributed by atoms with Crippen molar-refractivity contribution in [2.24, 2.45) is 5.92 Å². The van der Waals surface area contributed by atoms with Crippen LogP contribution in [0.15, 0.2) is 11.6 Å². The maximum absolute atomic E-state index is 11.4. The van der Waals surface area contributed by atoms with E-state index in [9.17, 15) is 4.79 Å². The number of carbonyl (C=O) groups is 1. The number of unbranched alkanes of at least 4 members (excludes halogenated alkanes) is 1. The fourth-order valence-electron chi connectivity index (χ4n) is 1.34. The average Bonchev–Trinajstić information content (AvgIpc) is 2.13. The molecule has 15 heavy (non-hydrogen) atoms. The molecule has 1 atom stereocenters. The van der Waals surface area contributed by atoms with Crippen molar-refractivity contribution in [3.63, 3.8) is 0 Å². The Morgan fingerprint density at radius 1 is 1.47 bits per heavy atom. The smallest absolute Gasteiger partial charge is 0.352 e. The van der Waals surface area contributed by atoms with Crippen LogP contribution in [-0.2, 0) is 9.63 Å². The van der Waals surface area contributed by atoms with Crippen molar-refractivity contribution in [1.82, 2.24) is 5.06 Å². The Morgan fingerprint density at radius 3 is 2.53 bits per heavy atom. The van der Waals surface area contributed by atoms with Gasteiger partial charge in [-0.2, -0.15) is 0 Å². The third-order valence-electron chi connectivity index (χ3n) is 2.13. The van der Waals surface area contributed by atoms with Crippen LogP contribution in [0.5, 0.6) is 0 Å². The molecule has 0 radical (unpaired) electrons. The minimum atomic E-state index is -0.261. The number of allylic oxidation sites excluding steroid dienone is 1. The zero-order chi connectivity index (χ0) is 11.8. The molecule has 0 aromatic carbocycles. The van der Waals surface area contributed by atoms with Crippen molar-refractivity contribution in [1.29, 1.82) is 0 Å². The van der Waals surface area contributed by atoms with Crippen molar-refractivity contribution in [3.8, 4) is 0 Å². The molecule has 0 spiro atoms. The maximum Gasteiger partial charge on any atom is 0.352 e. The molecule has 0 aromatic heterocycles. The molecule has 88 valence electrons. The zero-order valence-corrected chi connectivity index (χ0v) is 10.5. The van der Waals surface area contributed by atoms with E-state index < -0.39 is 0 Å². The first-order valence-corrected chi connectivity index (χ1v) is 5.55. The third kappa shape index (κ3) is 7.14. The highest BCUT2D eigenvalue weighted by atomic mass is 16.7. The second-order valence-corrected chi connectivity index (χ2v) is 4.16. The van der Waals surface area contributed by atoms with Gasteiger partial charge in [-0.1, -0.05) is 32.8 Å². The summed E-state index contributed by atoms with van der Waals surface area (Å²) < 4.78 is 0. The van der Waals surface area contributed by atoms with Gasteiger partial charge < -0.3 is 4.84 Å². The molecule has 0 rings (SSSR count). The van der Waals surface area contributed by atoms with Gasteiger partial charge >= 0.3 is 5.97 Å². The standard InChI is InChI=1S/C12H23NO2/c1-6-7-8-10(2)9-11(3)12(14)15-13(4)5/h9-10H,6-8H2,1-5H3. The average molecular weight is 213 g/mol. The number of hydrogen-bond acceptors (Lipinski definition) is 3. The lowest BCUT2D eigenvalue weighted by Crippen LogP contribution is -2.19. The Bertz CT molecular complexity index is 222. The van der Waals surface area contributed by atoms with Gasteiger partial charge in [0.2, 0.25) is 0 Å². The predicted molar refractivity (Wildman–Crippen MR) is 62.2 cm³/mol. The fraction of sp³-hybridized carbons (Fsp3) is 0.750. The lowest BCUT2D eigenvalue weighted by atomic mass is 10.0. The van der Waals surface area contributed by atoms with Gasteiger partial charge in [0.05, 0.1) is 0 Å². The molecule has 0 saturated carbocycles. The van der Waals surface area contributed by atoms with Gasteiger partial charge in [-0.25, -0.2) is 4.79 Å². The van der Waals surface area contributed by atoms with E-state index in [1.165, 1.54) is 17.9 Å². The molecule has 0 saturated heterocycles. The van der Waals surface area contributed by atoms with Gasteiger partial charge in [-0.15, -0.1) is 5.06 Å². The van der Waals surface area contributed by atoms with Crippen LogP contribution in [0.3, 0.4) is 0 Å². The normalized spacial score (nSPS) is 14.1. The van der Waals surface area contributed by atoms with Gasteiger partial charge in [0, 0.05) is 19.7 Å². The van der Waals surface area contributed by atoms with Gasteiger partial charge in [-0.05, 0) is 19.3 Å². The Kier molecular flexibility index (Phi) is 7.05. The molecule has 0 heterocycles. The molecular formula is C12H23NO2. The van der Waals surface area contributed by atoms with Crippen LogP contribution in [0.4, 0.5) is 0 Å². The first kappa shape index (κ1) is 14.2. The molecular weight excluding hydrogens is 190 g/mol. The molecule has 3 nitrogen and oxygen atoms in total. The minimum Gasteiger partial charge on any atom is -0.365 e. The lowest BCUT2D eigenvalue weighted by molar-refractivity contribution is -0.172. The summed E-state index contributed by atoms with van der Waals surface area (Å²) in [5, 5.41) is 1.41. The highest BCUT2D eigenvalue weighted by Crippen LogP contribution is 2.12. The number of nitrogens with zero attached hydrogens (tertiary/aromatic N) is 1. The Labute approximate surface area is 93.1 Å². The molecule has 1 unspecified atom stereocenters. The minimum absolute atomic E-state index is 0.261. The molecule has 3 heteroatoms. The van der Waals surface area contributed by atoms with E-state index in [1.807, 2.05) is 6.08 Å². The van der Waals surface area contributed by atoms with Gasteiger partial charge in [0.1, 0.15) is 0 Å². The SMILES string of the molecule is CCCCC(C)C=C(C)C(=O)ON(C)C. The van der Waals surface area contributed by atoms with E-state index in [4.69, 9.17) is 4.84 Å². The van der Waals surface area contributed by atoms with Crippen molar-refractivity contribution in [2.75, 3.05) is 14.1 Å². The third-order valence-corrected chi connectivity index (χ3v) is 2.13. The molecule has 0 N–H and O–H groups in total. The molecule has 0 amide bonds. The maximum atomic E-state index is 11.4. The summed E-state index contributed by atoms with van der Waals surface area (Å²) in [6.07, 6.45) is 5.51. The number of hydrogen-bond donors (Lipinski definition) is 0. The van der Waals surface area contributed by atoms with Gasteiger partial charge in [0.15, 0.2) is 0 Å². The summed E-state index contributed by atoms with van der Waals surface area (Å²) in [6.45, 7) is 6.10. The molecule has 0 aliphatic rings. The molecule has 0 fully saturated rings. The van der Waals surface area contributed by atoms with Gasteiger partial charge in [0.25, 0.3) is 0 Å². The van der Waals surface area contributed by atoms with Crippen LogP contribution in [-0.4, -0.2) is 25.1 Å². The van der Waals surface area contributed by atoms with Crippen LogP contribution in [0.1, 0.15) is 40.0 Å². The van der Waals surface area contributed by atoms with Crippen molar-refractivity contribution >= 4 is 5.97 Å². The quantitative estimate of drug-likeness (QED) is 0.502. The van der Waals surface area contributed by atoms with Crippen LogP contribution in [0.25, 0.3) is 0 Å². The summed E-state index contributed by atoms with van der Waals surface area (Å²) in [6, 6.07) is 0. The Balaban J connectivity index is 4.10. The topological polar surface area (TPSA) is 29.5 Å². The van der Waals surface area contributed by atoms with Crippen molar-refractivity contribution in [2.45, 2.75) is 40.0 Å². The number of carbonyl (C=O) groups excluding carboxylic acids is 1. The second kappa shape index (κ2) is 7.46. The first-order valence-electron chi connectivity index (χ1n) is 5.55. The molecule has 0 aromatic rings. The second-order valence-electron chi connectivity index (χ2n) is 4.16. The summed E-state index contributed by atoms with van der Waals surface area (Å²) in [4.78, 5) is 16.4. The highest BCUT2D eigenvalue weighted by molar-refractivity contribution is 5.87. The first-order chi connectivity index (χ1) is 6.97. The summed E-state index contributed by atoms with van der Waals surface area (Å²) in [5.41, 5.74) is 0.687. The van der Waals surface area contributed by atoms with Crippen molar-refractivity contribution in [3.05, 3.63) is 11.6 Å².